The zero-order valence-corrected chi connectivity index (χ0v) is 15.2. The van der Waals surface area contributed by atoms with Crippen molar-refractivity contribution in [3.63, 3.8) is 0 Å². The number of piperidine rings is 1. The van der Waals surface area contributed by atoms with Crippen LogP contribution in [-0.4, -0.2) is 37.9 Å². The van der Waals surface area contributed by atoms with Gasteiger partial charge in [0.1, 0.15) is 17.1 Å². The second-order valence-electron chi connectivity index (χ2n) is 6.99. The first kappa shape index (κ1) is 16.8. The second kappa shape index (κ2) is 6.65. The van der Waals surface area contributed by atoms with E-state index in [4.69, 9.17) is 15.2 Å². The standard InChI is InChI=1S/C20H20N6O2/c21-19-15(20-24-17-2-1-14(27)10-18(17)28-20)9-12(11-23-19)16-5-8-26(25-16)13-3-6-22-7-4-13/h1-2,5,8-11,13,22,27H,3-4,6-7H2,(H2,21,23). The third-order valence-electron chi connectivity index (χ3n) is 5.11. The van der Waals surface area contributed by atoms with Crippen LogP contribution in [0.2, 0.25) is 0 Å². The minimum atomic E-state index is 0.124. The van der Waals surface area contributed by atoms with Crippen LogP contribution in [0.1, 0.15) is 18.9 Å². The number of pyridine rings is 1. The first-order valence-corrected chi connectivity index (χ1v) is 9.29. The molecule has 28 heavy (non-hydrogen) atoms. The van der Waals surface area contributed by atoms with Crippen LogP contribution in [0.5, 0.6) is 5.75 Å². The first-order chi connectivity index (χ1) is 13.7. The molecule has 8 nitrogen and oxygen atoms in total. The molecule has 0 spiro atoms. The van der Waals surface area contributed by atoms with Gasteiger partial charge in [0.25, 0.3) is 0 Å². The van der Waals surface area contributed by atoms with Crippen molar-refractivity contribution in [2.24, 2.45) is 0 Å². The Morgan fingerprint density at radius 1 is 1.18 bits per heavy atom. The number of aromatic hydroxyl groups is 1. The number of aromatic nitrogens is 4. The topological polar surface area (TPSA) is 115 Å². The molecule has 1 aliphatic heterocycles. The van der Waals surface area contributed by atoms with Crippen molar-refractivity contribution in [2.45, 2.75) is 18.9 Å². The normalized spacial score (nSPS) is 15.3. The zero-order chi connectivity index (χ0) is 19.1. The van der Waals surface area contributed by atoms with Crippen molar-refractivity contribution in [2.75, 3.05) is 18.8 Å². The minimum absolute atomic E-state index is 0.124. The Hall–Kier alpha value is -3.39. The number of nitrogens with two attached hydrogens (primary N) is 1. The van der Waals surface area contributed by atoms with E-state index in [1.807, 2.05) is 23.0 Å². The molecule has 142 valence electrons. The molecule has 5 rings (SSSR count). The van der Waals surface area contributed by atoms with E-state index < -0.39 is 0 Å². The highest BCUT2D eigenvalue weighted by Gasteiger charge is 2.18. The van der Waals surface area contributed by atoms with Gasteiger partial charge >= 0.3 is 0 Å². The lowest BCUT2D eigenvalue weighted by Crippen LogP contribution is -2.29. The van der Waals surface area contributed by atoms with Gasteiger partial charge in [-0.25, -0.2) is 9.97 Å². The maximum absolute atomic E-state index is 9.63. The molecule has 8 heteroatoms. The van der Waals surface area contributed by atoms with E-state index in [1.54, 1.807) is 18.3 Å². The van der Waals surface area contributed by atoms with Gasteiger partial charge in [-0.1, -0.05) is 0 Å². The van der Waals surface area contributed by atoms with Crippen molar-refractivity contribution < 1.29 is 9.52 Å². The highest BCUT2D eigenvalue weighted by Crippen LogP contribution is 2.32. The summed E-state index contributed by atoms with van der Waals surface area (Å²) in [5.41, 5.74) is 9.51. The van der Waals surface area contributed by atoms with E-state index in [0.29, 0.717) is 34.4 Å². The molecule has 0 atom stereocenters. The summed E-state index contributed by atoms with van der Waals surface area (Å²) in [6.07, 6.45) is 5.87. The zero-order valence-electron chi connectivity index (χ0n) is 15.2. The number of benzene rings is 1. The fraction of sp³-hybridized carbons (Fsp3) is 0.250. The van der Waals surface area contributed by atoms with Gasteiger partial charge in [-0.3, -0.25) is 4.68 Å². The minimum Gasteiger partial charge on any atom is -0.508 e. The summed E-state index contributed by atoms with van der Waals surface area (Å²) in [5, 5.41) is 17.7. The maximum Gasteiger partial charge on any atom is 0.231 e. The summed E-state index contributed by atoms with van der Waals surface area (Å²) in [5.74, 6) is 0.820. The third-order valence-corrected chi connectivity index (χ3v) is 5.11. The molecule has 1 aliphatic rings. The Kier molecular flexibility index (Phi) is 3.98. The van der Waals surface area contributed by atoms with Crippen molar-refractivity contribution in [1.82, 2.24) is 25.1 Å². The average Bonchev–Trinajstić information content (AvgIpc) is 3.36. The van der Waals surface area contributed by atoms with E-state index in [0.717, 1.165) is 37.2 Å². The van der Waals surface area contributed by atoms with Gasteiger partial charge in [0.15, 0.2) is 5.58 Å². The summed E-state index contributed by atoms with van der Waals surface area (Å²) < 4.78 is 7.82. The highest BCUT2D eigenvalue weighted by molar-refractivity contribution is 5.81. The largest absolute Gasteiger partial charge is 0.508 e. The number of fused-ring (bicyclic) bond motifs is 1. The molecule has 0 aliphatic carbocycles. The van der Waals surface area contributed by atoms with Crippen LogP contribution in [0.15, 0.2) is 47.1 Å². The fourth-order valence-corrected chi connectivity index (χ4v) is 3.58. The van der Waals surface area contributed by atoms with Gasteiger partial charge in [0.05, 0.1) is 17.3 Å². The number of anilines is 1. The van der Waals surface area contributed by atoms with Crippen molar-refractivity contribution in [3.8, 4) is 28.5 Å². The Bertz CT molecular complexity index is 1140. The molecule has 0 saturated carbocycles. The molecule has 4 N–H and O–H groups in total. The van der Waals surface area contributed by atoms with Gasteiger partial charge in [-0.2, -0.15) is 5.10 Å². The monoisotopic (exact) mass is 376 g/mol. The summed E-state index contributed by atoms with van der Waals surface area (Å²) >= 11 is 0. The van der Waals surface area contributed by atoms with E-state index in [-0.39, 0.29) is 5.75 Å². The van der Waals surface area contributed by atoms with Crippen LogP contribution in [0.25, 0.3) is 33.8 Å². The van der Waals surface area contributed by atoms with Crippen LogP contribution < -0.4 is 11.1 Å². The molecule has 1 saturated heterocycles. The van der Waals surface area contributed by atoms with Crippen LogP contribution in [0.4, 0.5) is 5.82 Å². The lowest BCUT2D eigenvalue weighted by atomic mass is 10.1. The molecule has 1 aromatic carbocycles. The maximum atomic E-state index is 9.63. The van der Waals surface area contributed by atoms with E-state index in [1.165, 1.54) is 6.07 Å². The first-order valence-electron chi connectivity index (χ1n) is 9.29. The van der Waals surface area contributed by atoms with Gasteiger partial charge in [0, 0.05) is 24.0 Å². The predicted octanol–water partition coefficient (Wildman–Crippen LogP) is 2.97. The van der Waals surface area contributed by atoms with E-state index in [2.05, 4.69) is 15.3 Å². The lowest BCUT2D eigenvalue weighted by molar-refractivity contribution is 0.343. The molecule has 0 bridgehead atoms. The smallest absolute Gasteiger partial charge is 0.231 e. The molecule has 0 amide bonds. The third kappa shape index (κ3) is 2.97. The highest BCUT2D eigenvalue weighted by atomic mass is 16.3. The van der Waals surface area contributed by atoms with Crippen molar-refractivity contribution in [3.05, 3.63) is 42.7 Å². The van der Waals surface area contributed by atoms with Gasteiger partial charge in [0.2, 0.25) is 5.89 Å². The number of hydrogen-bond donors (Lipinski definition) is 3. The number of hydrogen-bond acceptors (Lipinski definition) is 7. The summed E-state index contributed by atoms with van der Waals surface area (Å²) in [6, 6.07) is 9.10. The number of nitrogens with one attached hydrogen (secondary N) is 1. The lowest BCUT2D eigenvalue weighted by Gasteiger charge is -2.22. The Labute approximate surface area is 161 Å². The van der Waals surface area contributed by atoms with Gasteiger partial charge < -0.3 is 20.6 Å². The molecular weight excluding hydrogens is 356 g/mol. The quantitative estimate of drug-likeness (QED) is 0.503. The molecule has 0 radical (unpaired) electrons. The van der Waals surface area contributed by atoms with E-state index >= 15 is 0 Å². The van der Waals surface area contributed by atoms with Crippen LogP contribution in [-0.2, 0) is 0 Å². The second-order valence-corrected chi connectivity index (χ2v) is 6.99. The predicted molar refractivity (Wildman–Crippen MR) is 106 cm³/mol. The SMILES string of the molecule is Nc1ncc(-c2ccn(C3CCNCC3)n2)cc1-c1nc2ccc(O)cc2o1. The number of phenols is 1. The molecule has 4 aromatic rings. The average molecular weight is 376 g/mol. The fourth-order valence-electron chi connectivity index (χ4n) is 3.58. The number of phenolic OH excluding ortho intramolecular Hbond substituents is 1. The molecule has 3 aromatic heterocycles. The van der Waals surface area contributed by atoms with Crippen LogP contribution in [0.3, 0.4) is 0 Å². The Balaban J connectivity index is 1.51. The van der Waals surface area contributed by atoms with Crippen LogP contribution >= 0.6 is 0 Å². The van der Waals surface area contributed by atoms with E-state index in [9.17, 15) is 5.11 Å². The Morgan fingerprint density at radius 2 is 2.04 bits per heavy atom. The van der Waals surface area contributed by atoms with Crippen LogP contribution in [0, 0.1) is 0 Å². The number of rotatable bonds is 3. The number of oxazole rings is 1. The summed E-state index contributed by atoms with van der Waals surface area (Å²) in [6.45, 7) is 2.03. The summed E-state index contributed by atoms with van der Waals surface area (Å²) in [7, 11) is 0. The molecular formula is C20H20N6O2. The van der Waals surface area contributed by atoms with Crippen molar-refractivity contribution in [1.29, 1.82) is 0 Å². The Morgan fingerprint density at radius 3 is 2.89 bits per heavy atom. The molecule has 4 heterocycles. The summed E-state index contributed by atoms with van der Waals surface area (Å²) in [4.78, 5) is 8.78. The van der Waals surface area contributed by atoms with Gasteiger partial charge in [-0.05, 0) is 50.2 Å². The molecule has 0 unspecified atom stereocenters. The number of nitrogen functional groups attached to an aromatic ring is 1. The number of nitrogens with zero attached hydrogens (tertiary/aromatic N) is 4. The molecule has 1 fully saturated rings. The van der Waals surface area contributed by atoms with Crippen molar-refractivity contribution >= 4 is 16.9 Å². The van der Waals surface area contributed by atoms with Gasteiger partial charge in [-0.15, -0.1) is 0 Å².